The second-order valence-electron chi connectivity index (χ2n) is 5.98. The van der Waals surface area contributed by atoms with Crippen molar-refractivity contribution in [3.05, 3.63) is 54.6 Å². The molecule has 1 saturated heterocycles. The molecule has 3 rings (SSSR count). The summed E-state index contributed by atoms with van der Waals surface area (Å²) >= 11 is 0. The Morgan fingerprint density at radius 3 is 2.26 bits per heavy atom. The lowest BCUT2D eigenvalue weighted by molar-refractivity contribution is 0.278. The van der Waals surface area contributed by atoms with Gasteiger partial charge in [-0.15, -0.1) is 0 Å². The quantitative estimate of drug-likeness (QED) is 0.937. The van der Waals surface area contributed by atoms with Gasteiger partial charge in [0.15, 0.2) is 0 Å². The van der Waals surface area contributed by atoms with Gasteiger partial charge in [0.2, 0.25) is 10.0 Å². The van der Waals surface area contributed by atoms with Crippen molar-refractivity contribution in [1.82, 2.24) is 4.31 Å². The molecule has 2 N–H and O–H groups in total. The number of sulfonamides is 1. The molecule has 0 radical (unpaired) electrons. The van der Waals surface area contributed by atoms with E-state index in [1.807, 2.05) is 42.5 Å². The van der Waals surface area contributed by atoms with Crippen LogP contribution in [-0.2, 0) is 10.0 Å². The number of nitrogens with zero attached hydrogens (tertiary/aromatic N) is 1. The summed E-state index contributed by atoms with van der Waals surface area (Å²) in [7, 11) is -3.43. The van der Waals surface area contributed by atoms with Crippen LogP contribution < -0.4 is 5.73 Å². The third-order valence-corrected chi connectivity index (χ3v) is 6.38. The van der Waals surface area contributed by atoms with Crippen LogP contribution in [0.2, 0.25) is 0 Å². The first-order valence-electron chi connectivity index (χ1n) is 7.97. The maximum Gasteiger partial charge on any atom is 0.243 e. The summed E-state index contributed by atoms with van der Waals surface area (Å²) in [6.45, 7) is 1.75. The number of hydrogen-bond donors (Lipinski definition) is 1. The van der Waals surface area contributed by atoms with Gasteiger partial charge >= 0.3 is 0 Å². The van der Waals surface area contributed by atoms with Gasteiger partial charge in [-0.1, -0.05) is 42.5 Å². The van der Waals surface area contributed by atoms with E-state index in [4.69, 9.17) is 5.73 Å². The number of nitrogens with two attached hydrogens (primary N) is 1. The highest BCUT2D eigenvalue weighted by molar-refractivity contribution is 7.89. The van der Waals surface area contributed by atoms with Crippen molar-refractivity contribution in [3.63, 3.8) is 0 Å². The van der Waals surface area contributed by atoms with Crippen LogP contribution in [-0.4, -0.2) is 32.4 Å². The smallest absolute Gasteiger partial charge is 0.243 e. The SMILES string of the molecule is NCC1CCN(S(=O)(=O)c2cccc(-c3ccccc3)c2)CC1. The Morgan fingerprint density at radius 1 is 0.957 bits per heavy atom. The number of benzene rings is 2. The van der Waals surface area contributed by atoms with E-state index in [2.05, 4.69) is 0 Å². The van der Waals surface area contributed by atoms with Gasteiger partial charge in [-0.05, 0) is 48.6 Å². The zero-order valence-electron chi connectivity index (χ0n) is 13.1. The molecule has 0 aromatic heterocycles. The molecule has 1 heterocycles. The molecule has 23 heavy (non-hydrogen) atoms. The fourth-order valence-electron chi connectivity index (χ4n) is 3.00. The van der Waals surface area contributed by atoms with E-state index in [0.29, 0.717) is 30.4 Å². The highest BCUT2D eigenvalue weighted by Gasteiger charge is 2.29. The summed E-state index contributed by atoms with van der Waals surface area (Å²) in [4.78, 5) is 0.366. The summed E-state index contributed by atoms with van der Waals surface area (Å²) < 4.78 is 27.3. The van der Waals surface area contributed by atoms with Crippen molar-refractivity contribution in [2.24, 2.45) is 11.7 Å². The van der Waals surface area contributed by atoms with Crippen molar-refractivity contribution in [1.29, 1.82) is 0 Å². The van der Waals surface area contributed by atoms with E-state index < -0.39 is 10.0 Å². The van der Waals surface area contributed by atoms with E-state index in [1.54, 1.807) is 16.4 Å². The molecule has 0 amide bonds. The number of piperidine rings is 1. The van der Waals surface area contributed by atoms with Crippen molar-refractivity contribution in [2.45, 2.75) is 17.7 Å². The summed E-state index contributed by atoms with van der Waals surface area (Å²) in [5.41, 5.74) is 7.62. The first-order valence-corrected chi connectivity index (χ1v) is 9.41. The summed E-state index contributed by atoms with van der Waals surface area (Å²) in [6, 6.07) is 17.0. The van der Waals surface area contributed by atoms with Crippen LogP contribution in [0.3, 0.4) is 0 Å². The molecule has 1 fully saturated rings. The summed E-state index contributed by atoms with van der Waals surface area (Å²) in [5.74, 6) is 0.442. The summed E-state index contributed by atoms with van der Waals surface area (Å²) in [6.07, 6.45) is 1.68. The Balaban J connectivity index is 1.86. The van der Waals surface area contributed by atoms with Gasteiger partial charge < -0.3 is 5.73 Å². The third kappa shape index (κ3) is 3.47. The van der Waals surface area contributed by atoms with E-state index in [-0.39, 0.29) is 0 Å². The molecule has 5 heteroatoms. The molecule has 0 saturated carbocycles. The van der Waals surface area contributed by atoms with E-state index in [9.17, 15) is 8.42 Å². The molecule has 0 atom stereocenters. The van der Waals surface area contributed by atoms with Crippen LogP contribution in [0.1, 0.15) is 12.8 Å². The molecule has 0 unspecified atom stereocenters. The van der Waals surface area contributed by atoms with Crippen molar-refractivity contribution in [3.8, 4) is 11.1 Å². The van der Waals surface area contributed by atoms with Crippen molar-refractivity contribution >= 4 is 10.0 Å². The minimum Gasteiger partial charge on any atom is -0.330 e. The fraction of sp³-hybridized carbons (Fsp3) is 0.333. The zero-order chi connectivity index (χ0) is 16.3. The average Bonchev–Trinajstić information content (AvgIpc) is 2.62. The van der Waals surface area contributed by atoms with E-state index in [0.717, 1.165) is 24.0 Å². The van der Waals surface area contributed by atoms with Gasteiger partial charge in [-0.3, -0.25) is 0 Å². The first kappa shape index (κ1) is 16.2. The fourth-order valence-corrected chi connectivity index (χ4v) is 4.52. The van der Waals surface area contributed by atoms with Gasteiger partial charge in [-0.2, -0.15) is 4.31 Å². The summed E-state index contributed by atoms with van der Waals surface area (Å²) in [5, 5.41) is 0. The first-order chi connectivity index (χ1) is 11.1. The minimum atomic E-state index is -3.43. The number of rotatable bonds is 4. The topological polar surface area (TPSA) is 63.4 Å². The molecule has 4 nitrogen and oxygen atoms in total. The minimum absolute atomic E-state index is 0.366. The lowest BCUT2D eigenvalue weighted by Gasteiger charge is -2.30. The zero-order valence-corrected chi connectivity index (χ0v) is 13.9. The Hall–Kier alpha value is -1.69. The van der Waals surface area contributed by atoms with Gasteiger partial charge in [-0.25, -0.2) is 8.42 Å². The van der Waals surface area contributed by atoms with Gasteiger partial charge in [0.25, 0.3) is 0 Å². The Kier molecular flexibility index (Phi) is 4.80. The molecular formula is C18H22N2O2S. The van der Waals surface area contributed by atoms with E-state index >= 15 is 0 Å². The largest absolute Gasteiger partial charge is 0.330 e. The van der Waals surface area contributed by atoms with E-state index in [1.165, 1.54) is 0 Å². The lowest BCUT2D eigenvalue weighted by Crippen LogP contribution is -2.40. The van der Waals surface area contributed by atoms with Crippen LogP contribution >= 0.6 is 0 Å². The molecule has 0 bridgehead atoms. The number of hydrogen-bond acceptors (Lipinski definition) is 3. The molecule has 122 valence electrons. The normalized spacial score (nSPS) is 17.3. The van der Waals surface area contributed by atoms with Gasteiger partial charge in [0.05, 0.1) is 4.90 Å². The second-order valence-corrected chi connectivity index (χ2v) is 7.91. The van der Waals surface area contributed by atoms with Gasteiger partial charge in [0, 0.05) is 13.1 Å². The van der Waals surface area contributed by atoms with Crippen molar-refractivity contribution < 1.29 is 8.42 Å². The highest BCUT2D eigenvalue weighted by Crippen LogP contribution is 2.26. The maximum absolute atomic E-state index is 12.9. The van der Waals surface area contributed by atoms with Crippen LogP contribution in [0.25, 0.3) is 11.1 Å². The standard InChI is InChI=1S/C18H22N2O2S/c19-14-15-9-11-20(12-10-15)23(21,22)18-8-4-7-17(13-18)16-5-2-1-3-6-16/h1-8,13,15H,9-12,14,19H2. The second kappa shape index (κ2) is 6.83. The molecule has 1 aliphatic rings. The Bertz CT molecular complexity index is 752. The Morgan fingerprint density at radius 2 is 1.61 bits per heavy atom. The molecule has 2 aromatic rings. The monoisotopic (exact) mass is 330 g/mol. The van der Waals surface area contributed by atoms with Crippen LogP contribution in [0, 0.1) is 5.92 Å². The lowest BCUT2D eigenvalue weighted by atomic mass is 9.99. The highest BCUT2D eigenvalue weighted by atomic mass is 32.2. The molecule has 1 aliphatic heterocycles. The van der Waals surface area contributed by atoms with Crippen LogP contribution in [0.5, 0.6) is 0 Å². The molecular weight excluding hydrogens is 308 g/mol. The Labute approximate surface area is 138 Å². The predicted molar refractivity (Wildman–Crippen MR) is 92.4 cm³/mol. The predicted octanol–water partition coefficient (Wildman–Crippen LogP) is 2.71. The third-order valence-electron chi connectivity index (χ3n) is 4.49. The molecule has 2 aromatic carbocycles. The molecule has 0 spiro atoms. The van der Waals surface area contributed by atoms with Crippen LogP contribution in [0.15, 0.2) is 59.5 Å². The van der Waals surface area contributed by atoms with Crippen LogP contribution in [0.4, 0.5) is 0 Å². The molecule has 0 aliphatic carbocycles. The maximum atomic E-state index is 12.9. The average molecular weight is 330 g/mol. The van der Waals surface area contributed by atoms with Crippen molar-refractivity contribution in [2.75, 3.05) is 19.6 Å². The van der Waals surface area contributed by atoms with Gasteiger partial charge in [0.1, 0.15) is 0 Å².